The monoisotopic (exact) mass is 167 g/mol. The highest BCUT2D eigenvalue weighted by Gasteiger charge is 1.91. The molecule has 0 aliphatic heterocycles. The second-order valence-corrected chi connectivity index (χ2v) is 2.88. The van der Waals surface area contributed by atoms with Crippen LogP contribution < -0.4 is 0 Å². The van der Waals surface area contributed by atoms with E-state index in [2.05, 4.69) is 31.2 Å². The van der Waals surface area contributed by atoms with Crippen molar-refractivity contribution >= 4 is 11.6 Å². The van der Waals surface area contributed by atoms with Crippen LogP contribution >= 0.6 is 11.6 Å². The van der Waals surface area contributed by atoms with Gasteiger partial charge in [-0.25, -0.2) is 0 Å². The first-order chi connectivity index (χ1) is 5.36. The highest BCUT2D eigenvalue weighted by atomic mass is 35.5. The second-order valence-electron chi connectivity index (χ2n) is 2.51. The molecule has 59 valence electrons. The van der Waals surface area contributed by atoms with E-state index in [1.54, 1.807) is 0 Å². The van der Waals surface area contributed by atoms with E-state index in [1.807, 2.05) is 0 Å². The Kier molecular flexibility index (Phi) is 3.44. The number of rotatable bonds is 3. The van der Waals surface area contributed by atoms with Crippen molar-refractivity contribution in [3.05, 3.63) is 42.3 Å². The van der Waals surface area contributed by atoms with Gasteiger partial charge in [0.2, 0.25) is 0 Å². The van der Waals surface area contributed by atoms with Crippen molar-refractivity contribution in [3.8, 4) is 0 Å². The fourth-order valence-electron chi connectivity index (χ4n) is 0.982. The van der Waals surface area contributed by atoms with Crippen LogP contribution in [0, 0.1) is 6.92 Å². The molecule has 0 N–H and O–H groups in total. The molecule has 0 aromatic heterocycles. The standard InChI is InChI=1S/C10H12Cl/c1-2-9-3-5-10(6-4-9)7-8-11/h3-6H,1-2,7-8H2. The Bertz CT molecular complexity index is 201. The summed E-state index contributed by atoms with van der Waals surface area (Å²) in [6.45, 7) is 3.81. The highest BCUT2D eigenvalue weighted by Crippen LogP contribution is 2.05. The minimum Gasteiger partial charge on any atom is -0.126 e. The van der Waals surface area contributed by atoms with E-state index in [0.717, 1.165) is 12.8 Å². The average Bonchev–Trinajstić information content (AvgIpc) is 2.07. The van der Waals surface area contributed by atoms with Crippen LogP contribution in [-0.4, -0.2) is 5.88 Å². The van der Waals surface area contributed by atoms with E-state index >= 15 is 0 Å². The first-order valence-corrected chi connectivity index (χ1v) is 4.33. The molecule has 0 bridgehead atoms. The Morgan fingerprint density at radius 1 is 1.09 bits per heavy atom. The third-order valence-corrected chi connectivity index (χ3v) is 1.88. The van der Waals surface area contributed by atoms with Crippen LogP contribution in [0.3, 0.4) is 0 Å². The minimum atomic E-state index is 0.698. The number of hydrogen-bond acceptors (Lipinski definition) is 0. The Morgan fingerprint density at radius 2 is 1.64 bits per heavy atom. The van der Waals surface area contributed by atoms with Crippen molar-refractivity contribution in [2.75, 3.05) is 5.88 Å². The number of hydrogen-bond donors (Lipinski definition) is 0. The summed E-state index contributed by atoms with van der Waals surface area (Å²) in [5, 5.41) is 0. The van der Waals surface area contributed by atoms with E-state index in [4.69, 9.17) is 11.6 Å². The van der Waals surface area contributed by atoms with E-state index in [-0.39, 0.29) is 0 Å². The molecule has 1 radical (unpaired) electrons. The summed E-state index contributed by atoms with van der Waals surface area (Å²) < 4.78 is 0. The van der Waals surface area contributed by atoms with Gasteiger partial charge in [-0.2, -0.15) is 0 Å². The van der Waals surface area contributed by atoms with Crippen LogP contribution in [0.15, 0.2) is 24.3 Å². The molecule has 0 aliphatic carbocycles. The quantitative estimate of drug-likeness (QED) is 0.608. The van der Waals surface area contributed by atoms with Crippen LogP contribution in [0.2, 0.25) is 0 Å². The van der Waals surface area contributed by atoms with Gasteiger partial charge in [-0.3, -0.25) is 0 Å². The molecule has 0 fully saturated rings. The number of halogens is 1. The van der Waals surface area contributed by atoms with Gasteiger partial charge in [-0.05, 0) is 30.9 Å². The zero-order valence-electron chi connectivity index (χ0n) is 6.52. The number of aryl methyl sites for hydroxylation is 1. The number of benzene rings is 1. The minimum absolute atomic E-state index is 0.698. The average molecular weight is 168 g/mol. The summed E-state index contributed by atoms with van der Waals surface area (Å²) in [5.74, 6) is 0.698. The Labute approximate surface area is 73.2 Å². The topological polar surface area (TPSA) is 0 Å². The first kappa shape index (κ1) is 8.61. The van der Waals surface area contributed by atoms with Crippen molar-refractivity contribution in [2.24, 2.45) is 0 Å². The molecule has 0 aliphatic rings. The number of alkyl halides is 1. The molecule has 0 heterocycles. The highest BCUT2D eigenvalue weighted by molar-refractivity contribution is 6.17. The second kappa shape index (κ2) is 4.40. The first-order valence-electron chi connectivity index (χ1n) is 3.80. The normalized spacial score (nSPS) is 10.0. The smallest absolute Gasteiger partial charge is 0.0263 e. The van der Waals surface area contributed by atoms with Crippen molar-refractivity contribution < 1.29 is 0 Å². The Balaban J connectivity index is 2.66. The third kappa shape index (κ3) is 2.55. The van der Waals surface area contributed by atoms with Crippen LogP contribution in [0.4, 0.5) is 0 Å². The maximum absolute atomic E-state index is 5.60. The Morgan fingerprint density at radius 3 is 2.09 bits per heavy atom. The fourth-order valence-corrected chi connectivity index (χ4v) is 1.20. The van der Waals surface area contributed by atoms with Crippen LogP contribution in [0.5, 0.6) is 0 Å². The van der Waals surface area contributed by atoms with Gasteiger partial charge in [0, 0.05) is 5.88 Å². The molecule has 1 rings (SSSR count). The molecule has 11 heavy (non-hydrogen) atoms. The molecule has 1 aromatic carbocycles. The lowest BCUT2D eigenvalue weighted by Gasteiger charge is -1.98. The molecule has 0 saturated carbocycles. The van der Waals surface area contributed by atoms with E-state index in [0.29, 0.717) is 5.88 Å². The lowest BCUT2D eigenvalue weighted by atomic mass is 10.1. The summed E-state index contributed by atoms with van der Waals surface area (Å²) in [7, 11) is 0. The van der Waals surface area contributed by atoms with E-state index in [1.165, 1.54) is 11.1 Å². The van der Waals surface area contributed by atoms with Gasteiger partial charge in [-0.1, -0.05) is 24.3 Å². The lowest BCUT2D eigenvalue weighted by Crippen LogP contribution is -1.86. The van der Waals surface area contributed by atoms with Crippen LogP contribution in [-0.2, 0) is 12.8 Å². The predicted molar refractivity (Wildman–Crippen MR) is 49.9 cm³/mol. The van der Waals surface area contributed by atoms with Crippen molar-refractivity contribution in [1.82, 2.24) is 0 Å². The summed E-state index contributed by atoms with van der Waals surface area (Å²) >= 11 is 5.60. The SMILES string of the molecule is [CH2]Cc1ccc(CCCl)cc1. The summed E-state index contributed by atoms with van der Waals surface area (Å²) in [5.41, 5.74) is 2.58. The van der Waals surface area contributed by atoms with Crippen LogP contribution in [0.25, 0.3) is 0 Å². The summed E-state index contributed by atoms with van der Waals surface area (Å²) in [6, 6.07) is 8.44. The van der Waals surface area contributed by atoms with Crippen LogP contribution in [0.1, 0.15) is 11.1 Å². The molecule has 0 atom stereocenters. The summed E-state index contributed by atoms with van der Waals surface area (Å²) in [4.78, 5) is 0. The molecule has 0 amide bonds. The Hall–Kier alpha value is -0.490. The maximum Gasteiger partial charge on any atom is 0.0263 e. The van der Waals surface area contributed by atoms with Gasteiger partial charge < -0.3 is 0 Å². The molecule has 0 spiro atoms. The van der Waals surface area contributed by atoms with Crippen molar-refractivity contribution in [2.45, 2.75) is 12.8 Å². The maximum atomic E-state index is 5.60. The molecule has 1 aromatic rings. The van der Waals surface area contributed by atoms with Crippen molar-refractivity contribution in [1.29, 1.82) is 0 Å². The van der Waals surface area contributed by atoms with Gasteiger partial charge in [0.1, 0.15) is 0 Å². The lowest BCUT2D eigenvalue weighted by molar-refractivity contribution is 1.14. The molecular formula is C10H12Cl. The largest absolute Gasteiger partial charge is 0.126 e. The van der Waals surface area contributed by atoms with E-state index < -0.39 is 0 Å². The van der Waals surface area contributed by atoms with Gasteiger partial charge in [-0.15, -0.1) is 11.6 Å². The molecule has 0 saturated heterocycles. The predicted octanol–water partition coefficient (Wildman–Crippen LogP) is 2.84. The van der Waals surface area contributed by atoms with Gasteiger partial charge in [0.25, 0.3) is 0 Å². The van der Waals surface area contributed by atoms with Gasteiger partial charge in [0.15, 0.2) is 0 Å². The fraction of sp³-hybridized carbons (Fsp3) is 0.300. The molecule has 0 unspecified atom stereocenters. The third-order valence-electron chi connectivity index (χ3n) is 1.69. The van der Waals surface area contributed by atoms with Crippen molar-refractivity contribution in [3.63, 3.8) is 0 Å². The zero-order chi connectivity index (χ0) is 8.10. The molecular weight excluding hydrogens is 156 g/mol. The van der Waals surface area contributed by atoms with Gasteiger partial charge in [0.05, 0.1) is 0 Å². The molecule has 0 nitrogen and oxygen atoms in total. The van der Waals surface area contributed by atoms with E-state index in [9.17, 15) is 0 Å². The summed E-state index contributed by atoms with van der Waals surface area (Å²) in [6.07, 6.45) is 1.82. The van der Waals surface area contributed by atoms with Gasteiger partial charge >= 0.3 is 0 Å². The zero-order valence-corrected chi connectivity index (χ0v) is 7.27. The molecule has 1 heteroatoms.